The number of carbonyl (C=O) groups is 1. The fourth-order valence-electron chi connectivity index (χ4n) is 4.39. The average molecular weight is 464 g/mol. The summed E-state index contributed by atoms with van der Waals surface area (Å²) in [4.78, 5) is 19.2. The number of para-hydroxylation sites is 3. The molecule has 1 atom stereocenters. The fraction of sp³-hybridized carbons (Fsp3) is 0.231. The molecule has 0 spiro atoms. The SMILES string of the molecule is Cc1cc(OCCn2c([C@H]3CC(=O)N(c4ccccc4F)C3)nc3ccccc32)ccc1Cl. The number of rotatable bonds is 6. The number of aromatic nitrogens is 2. The van der Waals surface area contributed by atoms with Crippen LogP contribution in [0.15, 0.2) is 66.7 Å². The lowest BCUT2D eigenvalue weighted by Crippen LogP contribution is -2.25. The predicted molar refractivity (Wildman–Crippen MR) is 128 cm³/mol. The summed E-state index contributed by atoms with van der Waals surface area (Å²) in [6, 6.07) is 19.9. The van der Waals surface area contributed by atoms with Crippen LogP contribution in [-0.2, 0) is 11.3 Å². The van der Waals surface area contributed by atoms with Crippen molar-refractivity contribution < 1.29 is 13.9 Å². The van der Waals surface area contributed by atoms with Gasteiger partial charge in [0.15, 0.2) is 0 Å². The van der Waals surface area contributed by atoms with Crippen molar-refractivity contribution >= 4 is 34.2 Å². The van der Waals surface area contributed by atoms with Crippen LogP contribution in [0.2, 0.25) is 5.02 Å². The minimum Gasteiger partial charge on any atom is -0.492 e. The molecule has 3 aromatic carbocycles. The van der Waals surface area contributed by atoms with E-state index in [9.17, 15) is 9.18 Å². The average Bonchev–Trinajstić information content (AvgIpc) is 3.37. The van der Waals surface area contributed by atoms with Gasteiger partial charge in [-0.25, -0.2) is 9.37 Å². The van der Waals surface area contributed by atoms with Gasteiger partial charge in [0.25, 0.3) is 0 Å². The molecule has 2 heterocycles. The Labute approximate surface area is 196 Å². The lowest BCUT2D eigenvalue weighted by atomic mass is 10.1. The van der Waals surface area contributed by atoms with E-state index in [2.05, 4.69) is 4.57 Å². The molecule has 5 rings (SSSR count). The maximum atomic E-state index is 14.3. The van der Waals surface area contributed by atoms with Crippen LogP contribution in [0, 0.1) is 12.7 Å². The Morgan fingerprint density at radius 1 is 1.12 bits per heavy atom. The van der Waals surface area contributed by atoms with Gasteiger partial charge < -0.3 is 14.2 Å². The Kier molecular flexibility index (Phi) is 5.77. The van der Waals surface area contributed by atoms with Gasteiger partial charge >= 0.3 is 0 Å². The molecule has 0 aliphatic carbocycles. The summed E-state index contributed by atoms with van der Waals surface area (Å²) in [7, 11) is 0. The molecule has 33 heavy (non-hydrogen) atoms. The maximum Gasteiger partial charge on any atom is 0.227 e. The smallest absolute Gasteiger partial charge is 0.227 e. The van der Waals surface area contributed by atoms with E-state index >= 15 is 0 Å². The monoisotopic (exact) mass is 463 g/mol. The largest absolute Gasteiger partial charge is 0.492 e. The van der Waals surface area contributed by atoms with Crippen molar-refractivity contribution in [2.45, 2.75) is 25.8 Å². The van der Waals surface area contributed by atoms with Crippen molar-refractivity contribution in [3.05, 3.63) is 89.0 Å². The van der Waals surface area contributed by atoms with E-state index < -0.39 is 5.82 Å². The molecule has 1 fully saturated rings. The molecule has 1 amide bonds. The molecule has 4 aromatic rings. The van der Waals surface area contributed by atoms with E-state index in [1.807, 2.05) is 49.4 Å². The lowest BCUT2D eigenvalue weighted by molar-refractivity contribution is -0.117. The molecule has 0 saturated carbocycles. The minimum absolute atomic E-state index is 0.100. The zero-order valence-electron chi connectivity index (χ0n) is 18.2. The molecule has 5 nitrogen and oxygen atoms in total. The predicted octanol–water partition coefficient (Wildman–Crippen LogP) is 5.74. The molecule has 0 radical (unpaired) electrons. The highest BCUT2D eigenvalue weighted by molar-refractivity contribution is 6.31. The van der Waals surface area contributed by atoms with Gasteiger partial charge in [0.1, 0.15) is 24.0 Å². The Morgan fingerprint density at radius 3 is 2.73 bits per heavy atom. The van der Waals surface area contributed by atoms with Crippen molar-refractivity contribution in [1.82, 2.24) is 9.55 Å². The highest BCUT2D eigenvalue weighted by Gasteiger charge is 2.35. The summed E-state index contributed by atoms with van der Waals surface area (Å²) in [6.07, 6.45) is 0.287. The molecular weight excluding hydrogens is 441 g/mol. The van der Waals surface area contributed by atoms with Gasteiger partial charge in [-0.2, -0.15) is 0 Å². The summed E-state index contributed by atoms with van der Waals surface area (Å²) < 4.78 is 22.4. The van der Waals surface area contributed by atoms with Crippen molar-refractivity contribution in [1.29, 1.82) is 0 Å². The summed E-state index contributed by atoms with van der Waals surface area (Å²) >= 11 is 6.11. The normalized spacial score (nSPS) is 16.0. The second kappa shape index (κ2) is 8.87. The second-order valence-electron chi connectivity index (χ2n) is 8.23. The number of aryl methyl sites for hydroxylation is 1. The molecule has 0 N–H and O–H groups in total. The van der Waals surface area contributed by atoms with Crippen LogP contribution in [-0.4, -0.2) is 28.6 Å². The summed E-state index contributed by atoms with van der Waals surface area (Å²) in [6.45, 7) is 3.34. The fourth-order valence-corrected chi connectivity index (χ4v) is 4.50. The topological polar surface area (TPSA) is 47.4 Å². The van der Waals surface area contributed by atoms with Crippen LogP contribution >= 0.6 is 11.6 Å². The van der Waals surface area contributed by atoms with Gasteiger partial charge in [-0.1, -0.05) is 35.9 Å². The number of carbonyl (C=O) groups excluding carboxylic acids is 1. The van der Waals surface area contributed by atoms with Crippen LogP contribution in [0.4, 0.5) is 10.1 Å². The molecule has 0 bridgehead atoms. The molecule has 1 aliphatic heterocycles. The van der Waals surface area contributed by atoms with Gasteiger partial charge in [-0.05, 0) is 55.0 Å². The van der Waals surface area contributed by atoms with E-state index in [0.717, 1.165) is 28.2 Å². The first-order valence-electron chi connectivity index (χ1n) is 10.9. The van der Waals surface area contributed by atoms with Crippen LogP contribution in [0.3, 0.4) is 0 Å². The van der Waals surface area contributed by atoms with Crippen molar-refractivity contribution in [2.24, 2.45) is 0 Å². The standard InChI is InChI=1S/C26H23ClFN3O2/c1-17-14-19(10-11-20(17)27)33-13-12-30-24-9-5-3-7-22(24)29-26(30)18-15-25(32)31(16-18)23-8-4-2-6-21(23)28/h2-11,14,18H,12-13,15-16H2,1H3/t18-/m0/s1. The third-order valence-electron chi connectivity index (χ3n) is 6.03. The Hall–Kier alpha value is -3.38. The molecule has 7 heteroatoms. The molecule has 168 valence electrons. The van der Waals surface area contributed by atoms with Crippen LogP contribution in [0.5, 0.6) is 5.75 Å². The van der Waals surface area contributed by atoms with Gasteiger partial charge in [0.2, 0.25) is 5.91 Å². The number of hydrogen-bond donors (Lipinski definition) is 0. The molecule has 0 unspecified atom stereocenters. The first-order chi connectivity index (χ1) is 16.0. The summed E-state index contributed by atoms with van der Waals surface area (Å²) in [5.41, 5.74) is 3.13. The summed E-state index contributed by atoms with van der Waals surface area (Å²) in [5.74, 6) is 0.939. The Balaban J connectivity index is 1.40. The quantitative estimate of drug-likeness (QED) is 0.366. The van der Waals surface area contributed by atoms with Gasteiger partial charge in [-0.15, -0.1) is 0 Å². The number of hydrogen-bond acceptors (Lipinski definition) is 3. The molecule has 1 aliphatic rings. The third kappa shape index (κ3) is 4.18. The van der Waals surface area contributed by atoms with Crippen molar-refractivity contribution in [3.63, 3.8) is 0 Å². The van der Waals surface area contributed by atoms with E-state index in [0.29, 0.717) is 30.4 Å². The Morgan fingerprint density at radius 2 is 1.91 bits per heavy atom. The highest BCUT2D eigenvalue weighted by Crippen LogP contribution is 2.34. The molecule has 1 aromatic heterocycles. The van der Waals surface area contributed by atoms with E-state index in [4.69, 9.17) is 21.3 Å². The first kappa shape index (κ1) is 21.5. The van der Waals surface area contributed by atoms with Crippen molar-refractivity contribution in [3.8, 4) is 5.75 Å². The highest BCUT2D eigenvalue weighted by atomic mass is 35.5. The summed E-state index contributed by atoms with van der Waals surface area (Å²) in [5, 5.41) is 0.704. The zero-order valence-corrected chi connectivity index (χ0v) is 18.9. The maximum absolute atomic E-state index is 14.3. The third-order valence-corrected chi connectivity index (χ3v) is 6.45. The van der Waals surface area contributed by atoms with Gasteiger partial charge in [0.05, 0.1) is 23.3 Å². The lowest BCUT2D eigenvalue weighted by Gasteiger charge is -2.18. The number of nitrogens with zero attached hydrogens (tertiary/aromatic N) is 3. The van der Waals surface area contributed by atoms with E-state index in [1.54, 1.807) is 18.2 Å². The van der Waals surface area contributed by atoms with Crippen LogP contribution in [0.25, 0.3) is 11.0 Å². The van der Waals surface area contributed by atoms with Crippen LogP contribution < -0.4 is 9.64 Å². The number of fused-ring (bicyclic) bond motifs is 1. The zero-order chi connectivity index (χ0) is 22.9. The molecular formula is C26H23ClFN3O2. The number of ether oxygens (including phenoxy) is 1. The minimum atomic E-state index is -0.397. The first-order valence-corrected chi connectivity index (χ1v) is 11.3. The molecule has 1 saturated heterocycles. The number of halogens is 2. The van der Waals surface area contributed by atoms with Gasteiger partial charge in [0, 0.05) is 23.9 Å². The second-order valence-corrected chi connectivity index (χ2v) is 8.63. The van der Waals surface area contributed by atoms with E-state index in [-0.39, 0.29) is 18.2 Å². The van der Waals surface area contributed by atoms with Crippen LogP contribution in [0.1, 0.15) is 23.7 Å². The number of anilines is 1. The number of benzene rings is 3. The van der Waals surface area contributed by atoms with Gasteiger partial charge in [-0.3, -0.25) is 4.79 Å². The number of amides is 1. The Bertz CT molecular complexity index is 1340. The van der Waals surface area contributed by atoms with E-state index in [1.165, 1.54) is 11.0 Å². The van der Waals surface area contributed by atoms with Crippen molar-refractivity contribution in [2.75, 3.05) is 18.1 Å². The number of imidazole rings is 1.